The molecule has 1 unspecified atom stereocenters. The number of likely N-dealkylation sites (N-methyl/N-ethyl adjacent to an activating group) is 1. The number of aliphatic hydroxyl groups is 1. The highest BCUT2D eigenvalue weighted by Gasteiger charge is 2.10. The first-order chi connectivity index (χ1) is 6.95. The minimum absolute atomic E-state index is 0.0854. The zero-order chi connectivity index (χ0) is 11.8. The summed E-state index contributed by atoms with van der Waals surface area (Å²) >= 11 is 0. The molecule has 0 aliphatic rings. The van der Waals surface area contributed by atoms with E-state index in [-0.39, 0.29) is 12.5 Å². The molecule has 6 nitrogen and oxygen atoms in total. The van der Waals surface area contributed by atoms with Crippen molar-refractivity contribution in [3.05, 3.63) is 0 Å². The van der Waals surface area contributed by atoms with Gasteiger partial charge in [0.1, 0.15) is 0 Å². The van der Waals surface area contributed by atoms with Crippen molar-refractivity contribution in [1.82, 2.24) is 15.5 Å². The number of nitrogens with one attached hydrogen (secondary N) is 2. The molecule has 88 valence electrons. The second-order valence-corrected chi connectivity index (χ2v) is 3.45. The van der Waals surface area contributed by atoms with Gasteiger partial charge in [0.25, 0.3) is 0 Å². The van der Waals surface area contributed by atoms with Crippen molar-refractivity contribution in [2.24, 2.45) is 0 Å². The number of urea groups is 1. The highest BCUT2D eigenvalue weighted by Crippen LogP contribution is 1.87. The fraction of sp³-hybridized carbons (Fsp3) is 0.778. The Balaban J connectivity index is 3.78. The number of hydrogen-bond acceptors (Lipinski definition) is 4. The Kier molecular flexibility index (Phi) is 6.64. The molecular formula is C9H19N3O3. The number of nitrogens with zero attached hydrogens (tertiary/aromatic N) is 1. The summed E-state index contributed by atoms with van der Waals surface area (Å²) in [5.41, 5.74) is 0. The van der Waals surface area contributed by atoms with E-state index < -0.39 is 12.1 Å². The zero-order valence-corrected chi connectivity index (χ0v) is 9.41. The van der Waals surface area contributed by atoms with Crippen LogP contribution in [-0.2, 0) is 4.79 Å². The molecule has 0 aliphatic carbocycles. The van der Waals surface area contributed by atoms with Gasteiger partial charge < -0.3 is 10.4 Å². The van der Waals surface area contributed by atoms with Crippen LogP contribution in [0.15, 0.2) is 0 Å². The Labute approximate surface area is 89.6 Å². The lowest BCUT2D eigenvalue weighted by Gasteiger charge is -2.17. The summed E-state index contributed by atoms with van der Waals surface area (Å²) in [5, 5.41) is 13.7. The summed E-state index contributed by atoms with van der Waals surface area (Å²) < 4.78 is 0. The van der Waals surface area contributed by atoms with Crippen LogP contribution < -0.4 is 10.6 Å². The highest BCUT2D eigenvalue weighted by atomic mass is 16.3. The molecular weight excluding hydrogens is 198 g/mol. The maximum atomic E-state index is 11.2. The van der Waals surface area contributed by atoms with E-state index in [4.69, 9.17) is 5.11 Å². The van der Waals surface area contributed by atoms with Gasteiger partial charge in [-0.1, -0.05) is 0 Å². The monoisotopic (exact) mass is 217 g/mol. The molecule has 3 N–H and O–H groups in total. The minimum Gasteiger partial charge on any atom is -0.392 e. The normalized spacial score (nSPS) is 12.3. The summed E-state index contributed by atoms with van der Waals surface area (Å²) in [6.07, 6.45) is -0.493. The molecule has 0 fully saturated rings. The third-order valence-electron chi connectivity index (χ3n) is 1.58. The van der Waals surface area contributed by atoms with E-state index in [1.54, 1.807) is 25.8 Å². The first kappa shape index (κ1) is 13.9. The van der Waals surface area contributed by atoms with E-state index in [0.717, 1.165) is 0 Å². The third-order valence-corrected chi connectivity index (χ3v) is 1.58. The maximum Gasteiger partial charge on any atom is 0.321 e. The average Bonchev–Trinajstić information content (AvgIpc) is 2.00. The zero-order valence-electron chi connectivity index (χ0n) is 9.41. The standard InChI is InChI=1S/C9H19N3O3/c1-4-10-9(15)11-8(14)6-12(3)5-7(2)13/h7,13H,4-6H2,1-3H3,(H2,10,11,14,15). The van der Waals surface area contributed by atoms with Crippen LogP contribution in [0.3, 0.4) is 0 Å². The smallest absolute Gasteiger partial charge is 0.321 e. The van der Waals surface area contributed by atoms with Crippen LogP contribution in [0.25, 0.3) is 0 Å². The van der Waals surface area contributed by atoms with E-state index >= 15 is 0 Å². The predicted octanol–water partition coefficient (Wildman–Crippen LogP) is -0.855. The Morgan fingerprint density at radius 2 is 2.07 bits per heavy atom. The molecule has 15 heavy (non-hydrogen) atoms. The SMILES string of the molecule is CCNC(=O)NC(=O)CN(C)CC(C)O. The van der Waals surface area contributed by atoms with E-state index in [1.165, 1.54) is 0 Å². The summed E-state index contributed by atoms with van der Waals surface area (Å²) in [6.45, 7) is 4.36. The van der Waals surface area contributed by atoms with Crippen molar-refractivity contribution < 1.29 is 14.7 Å². The molecule has 0 spiro atoms. The lowest BCUT2D eigenvalue weighted by molar-refractivity contribution is -0.121. The number of carbonyl (C=O) groups is 2. The van der Waals surface area contributed by atoms with Crippen LogP contribution in [0.2, 0.25) is 0 Å². The molecule has 0 heterocycles. The fourth-order valence-corrected chi connectivity index (χ4v) is 1.13. The van der Waals surface area contributed by atoms with Gasteiger partial charge >= 0.3 is 6.03 Å². The maximum absolute atomic E-state index is 11.2. The number of carbonyl (C=O) groups excluding carboxylic acids is 2. The molecule has 0 aromatic heterocycles. The molecule has 0 radical (unpaired) electrons. The molecule has 0 rings (SSSR count). The van der Waals surface area contributed by atoms with Gasteiger partial charge in [-0.05, 0) is 20.9 Å². The second kappa shape index (κ2) is 7.19. The Morgan fingerprint density at radius 3 is 2.53 bits per heavy atom. The molecule has 0 aromatic rings. The quantitative estimate of drug-likeness (QED) is 0.560. The molecule has 6 heteroatoms. The van der Waals surface area contributed by atoms with Crippen LogP contribution >= 0.6 is 0 Å². The van der Waals surface area contributed by atoms with Crippen molar-refractivity contribution in [3.8, 4) is 0 Å². The average molecular weight is 217 g/mol. The van der Waals surface area contributed by atoms with Gasteiger partial charge in [-0.15, -0.1) is 0 Å². The number of aliphatic hydroxyl groups excluding tert-OH is 1. The van der Waals surface area contributed by atoms with E-state index in [0.29, 0.717) is 13.1 Å². The van der Waals surface area contributed by atoms with E-state index in [9.17, 15) is 9.59 Å². The highest BCUT2D eigenvalue weighted by molar-refractivity contribution is 5.95. The van der Waals surface area contributed by atoms with Crippen molar-refractivity contribution in [1.29, 1.82) is 0 Å². The lowest BCUT2D eigenvalue weighted by atomic mass is 10.3. The third kappa shape index (κ3) is 7.90. The number of imide groups is 1. The molecule has 0 aliphatic heterocycles. The van der Waals surface area contributed by atoms with Gasteiger partial charge in [0, 0.05) is 13.1 Å². The number of amides is 3. The van der Waals surface area contributed by atoms with Crippen LogP contribution in [0.1, 0.15) is 13.8 Å². The molecule has 0 bridgehead atoms. The summed E-state index contributed by atoms with van der Waals surface area (Å²) in [4.78, 5) is 23.8. The Hall–Kier alpha value is -1.14. The number of rotatable bonds is 5. The summed E-state index contributed by atoms with van der Waals surface area (Å²) in [6, 6.07) is -0.493. The summed E-state index contributed by atoms with van der Waals surface area (Å²) in [7, 11) is 1.70. The van der Waals surface area contributed by atoms with Gasteiger partial charge in [0.05, 0.1) is 12.6 Å². The van der Waals surface area contributed by atoms with Crippen molar-refractivity contribution in [3.63, 3.8) is 0 Å². The van der Waals surface area contributed by atoms with E-state index in [2.05, 4.69) is 10.6 Å². The Morgan fingerprint density at radius 1 is 1.47 bits per heavy atom. The summed E-state index contributed by atoms with van der Waals surface area (Å²) in [5.74, 6) is -0.385. The van der Waals surface area contributed by atoms with Gasteiger partial charge in [-0.2, -0.15) is 0 Å². The topological polar surface area (TPSA) is 81.7 Å². The minimum atomic E-state index is -0.493. The van der Waals surface area contributed by atoms with Gasteiger partial charge in [0.2, 0.25) is 5.91 Å². The van der Waals surface area contributed by atoms with Crippen LogP contribution in [-0.4, -0.2) is 54.7 Å². The fourth-order valence-electron chi connectivity index (χ4n) is 1.13. The predicted molar refractivity (Wildman–Crippen MR) is 56.4 cm³/mol. The Bertz CT molecular complexity index is 219. The van der Waals surface area contributed by atoms with Crippen LogP contribution in [0, 0.1) is 0 Å². The van der Waals surface area contributed by atoms with Crippen molar-refractivity contribution in [2.45, 2.75) is 20.0 Å². The molecule has 1 atom stereocenters. The van der Waals surface area contributed by atoms with E-state index in [1.807, 2.05) is 0 Å². The molecule has 0 saturated carbocycles. The van der Waals surface area contributed by atoms with Crippen molar-refractivity contribution >= 4 is 11.9 Å². The molecule has 0 saturated heterocycles. The van der Waals surface area contributed by atoms with Gasteiger partial charge in [0.15, 0.2) is 0 Å². The molecule has 3 amide bonds. The van der Waals surface area contributed by atoms with Crippen molar-refractivity contribution in [2.75, 3.05) is 26.7 Å². The van der Waals surface area contributed by atoms with Crippen LogP contribution in [0.5, 0.6) is 0 Å². The first-order valence-electron chi connectivity index (χ1n) is 4.90. The first-order valence-corrected chi connectivity index (χ1v) is 4.90. The second-order valence-electron chi connectivity index (χ2n) is 3.45. The molecule has 0 aromatic carbocycles. The van der Waals surface area contributed by atoms with Gasteiger partial charge in [-0.25, -0.2) is 4.79 Å². The lowest BCUT2D eigenvalue weighted by Crippen LogP contribution is -2.44. The van der Waals surface area contributed by atoms with Gasteiger partial charge in [-0.3, -0.25) is 15.0 Å². The van der Waals surface area contributed by atoms with Crippen LogP contribution in [0.4, 0.5) is 4.79 Å². The largest absolute Gasteiger partial charge is 0.392 e. The number of hydrogen-bond donors (Lipinski definition) is 3.